The summed E-state index contributed by atoms with van der Waals surface area (Å²) in [5, 5.41) is 0.238. The van der Waals surface area contributed by atoms with Gasteiger partial charge in [-0.05, 0) is 79.2 Å². The van der Waals surface area contributed by atoms with Crippen LogP contribution in [0.3, 0.4) is 0 Å². The average molecular weight is 289 g/mol. The quantitative estimate of drug-likeness (QED) is 0.622. The fourth-order valence-corrected chi connectivity index (χ4v) is 6.18. The highest BCUT2D eigenvalue weighted by Gasteiger charge is 2.54. The monoisotopic (exact) mass is 288 g/mol. The molecule has 20 heavy (non-hydrogen) atoms. The zero-order valence-corrected chi connectivity index (χ0v) is 13.2. The molecule has 0 radical (unpaired) electrons. The third-order valence-corrected chi connectivity index (χ3v) is 7.02. The van der Waals surface area contributed by atoms with E-state index in [0.717, 1.165) is 24.2 Å². The molecule has 5 rings (SSSR count). The smallest absolute Gasteiger partial charge is 0.0641 e. The standard InChI is InChI=1S/C19H25Cl/c1-2-13-3-5-17(6-4-13)18(20)19-10-14-7-15(11-19)9-16(8-14)12-19/h3-6,14-16,18H,2,7-12H2,1H3. The van der Waals surface area contributed by atoms with Crippen LogP contribution in [-0.4, -0.2) is 0 Å². The summed E-state index contributed by atoms with van der Waals surface area (Å²) in [6, 6.07) is 9.11. The van der Waals surface area contributed by atoms with Crippen LogP contribution >= 0.6 is 11.6 Å². The molecule has 1 atom stereocenters. The van der Waals surface area contributed by atoms with E-state index in [1.807, 2.05) is 0 Å². The molecule has 1 unspecified atom stereocenters. The number of benzene rings is 1. The summed E-state index contributed by atoms with van der Waals surface area (Å²) in [5.41, 5.74) is 3.21. The van der Waals surface area contributed by atoms with Crippen molar-refractivity contribution in [3.8, 4) is 0 Å². The molecule has 0 amide bonds. The van der Waals surface area contributed by atoms with E-state index < -0.39 is 0 Å². The Labute approximate surface area is 127 Å². The lowest BCUT2D eigenvalue weighted by Gasteiger charge is -2.58. The van der Waals surface area contributed by atoms with Gasteiger partial charge < -0.3 is 0 Å². The molecule has 4 aliphatic rings. The predicted molar refractivity (Wildman–Crippen MR) is 85.0 cm³/mol. The van der Waals surface area contributed by atoms with Crippen molar-refractivity contribution < 1.29 is 0 Å². The minimum Gasteiger partial charge on any atom is -0.117 e. The summed E-state index contributed by atoms with van der Waals surface area (Å²) in [4.78, 5) is 0. The fraction of sp³-hybridized carbons (Fsp3) is 0.684. The van der Waals surface area contributed by atoms with E-state index >= 15 is 0 Å². The largest absolute Gasteiger partial charge is 0.117 e. The van der Waals surface area contributed by atoms with Gasteiger partial charge >= 0.3 is 0 Å². The van der Waals surface area contributed by atoms with Crippen LogP contribution in [0.1, 0.15) is 62.0 Å². The van der Waals surface area contributed by atoms with Gasteiger partial charge in [-0.15, -0.1) is 11.6 Å². The maximum absolute atomic E-state index is 7.02. The Kier molecular flexibility index (Phi) is 3.14. The predicted octanol–water partition coefficient (Wildman–Crippen LogP) is 5.75. The van der Waals surface area contributed by atoms with Gasteiger partial charge in [0.1, 0.15) is 0 Å². The van der Waals surface area contributed by atoms with Crippen LogP contribution < -0.4 is 0 Å². The molecule has 0 aliphatic heterocycles. The molecular weight excluding hydrogens is 264 g/mol. The number of rotatable bonds is 3. The summed E-state index contributed by atoms with van der Waals surface area (Å²) < 4.78 is 0. The lowest BCUT2D eigenvalue weighted by atomic mass is 9.48. The first-order valence-electron chi connectivity index (χ1n) is 8.41. The molecule has 1 aromatic carbocycles. The highest BCUT2D eigenvalue weighted by atomic mass is 35.5. The Morgan fingerprint density at radius 3 is 1.95 bits per heavy atom. The maximum atomic E-state index is 7.02. The van der Waals surface area contributed by atoms with Gasteiger partial charge in [-0.3, -0.25) is 0 Å². The van der Waals surface area contributed by atoms with Crippen molar-refractivity contribution in [2.75, 3.05) is 0 Å². The first kappa shape index (κ1) is 13.2. The van der Waals surface area contributed by atoms with Crippen molar-refractivity contribution in [1.82, 2.24) is 0 Å². The summed E-state index contributed by atoms with van der Waals surface area (Å²) >= 11 is 7.02. The minimum atomic E-state index is 0.238. The molecule has 0 heterocycles. The van der Waals surface area contributed by atoms with Crippen molar-refractivity contribution in [3.05, 3.63) is 35.4 Å². The molecular formula is C19H25Cl. The fourth-order valence-electron chi connectivity index (χ4n) is 5.76. The van der Waals surface area contributed by atoms with Crippen molar-refractivity contribution in [3.63, 3.8) is 0 Å². The minimum absolute atomic E-state index is 0.238. The van der Waals surface area contributed by atoms with Crippen molar-refractivity contribution in [2.24, 2.45) is 23.2 Å². The zero-order valence-electron chi connectivity index (χ0n) is 12.4. The van der Waals surface area contributed by atoms with Crippen LogP contribution in [-0.2, 0) is 6.42 Å². The number of aryl methyl sites for hydroxylation is 1. The highest BCUT2D eigenvalue weighted by molar-refractivity contribution is 6.21. The van der Waals surface area contributed by atoms with Gasteiger partial charge in [0.25, 0.3) is 0 Å². The van der Waals surface area contributed by atoms with Crippen molar-refractivity contribution in [1.29, 1.82) is 0 Å². The third-order valence-electron chi connectivity index (χ3n) is 6.30. The molecule has 4 bridgehead atoms. The first-order valence-corrected chi connectivity index (χ1v) is 8.85. The first-order chi connectivity index (χ1) is 9.68. The molecule has 0 spiro atoms. The molecule has 0 saturated heterocycles. The third kappa shape index (κ3) is 2.03. The molecule has 0 N–H and O–H groups in total. The number of halogens is 1. The summed E-state index contributed by atoms with van der Waals surface area (Å²) in [6.07, 6.45) is 9.78. The topological polar surface area (TPSA) is 0 Å². The van der Waals surface area contributed by atoms with Crippen LogP contribution in [0, 0.1) is 23.2 Å². The Balaban J connectivity index is 1.62. The molecule has 0 aromatic heterocycles. The number of hydrogen-bond donors (Lipinski definition) is 0. The maximum Gasteiger partial charge on any atom is 0.0641 e. The van der Waals surface area contributed by atoms with Crippen LogP contribution in [0.15, 0.2) is 24.3 Å². The van der Waals surface area contributed by atoms with Crippen molar-refractivity contribution >= 4 is 11.6 Å². The Hall–Kier alpha value is -0.490. The van der Waals surface area contributed by atoms with E-state index in [-0.39, 0.29) is 5.38 Å². The zero-order chi connectivity index (χ0) is 13.7. The van der Waals surface area contributed by atoms with E-state index in [1.165, 1.54) is 49.7 Å². The SMILES string of the molecule is CCc1ccc(C(Cl)C23CC4CC(CC(C4)C2)C3)cc1. The van der Waals surface area contributed by atoms with E-state index in [9.17, 15) is 0 Å². The second-order valence-electron chi connectivity index (χ2n) is 7.74. The van der Waals surface area contributed by atoms with Gasteiger partial charge in [0.05, 0.1) is 5.38 Å². The van der Waals surface area contributed by atoms with Gasteiger partial charge in [-0.1, -0.05) is 31.2 Å². The van der Waals surface area contributed by atoms with Gasteiger partial charge in [0.15, 0.2) is 0 Å². The Morgan fingerprint density at radius 1 is 1.00 bits per heavy atom. The summed E-state index contributed by atoms with van der Waals surface area (Å²) in [6.45, 7) is 2.21. The van der Waals surface area contributed by atoms with Crippen LogP contribution in [0.5, 0.6) is 0 Å². The molecule has 4 saturated carbocycles. The number of alkyl halides is 1. The Bertz CT molecular complexity index is 452. The summed E-state index contributed by atoms with van der Waals surface area (Å²) in [7, 11) is 0. The van der Waals surface area contributed by atoms with Gasteiger partial charge in [0.2, 0.25) is 0 Å². The number of hydrogen-bond acceptors (Lipinski definition) is 0. The van der Waals surface area contributed by atoms with E-state index in [4.69, 9.17) is 11.6 Å². The highest BCUT2D eigenvalue weighted by Crippen LogP contribution is 2.65. The molecule has 1 aromatic rings. The second kappa shape index (κ2) is 4.77. The van der Waals surface area contributed by atoms with Gasteiger partial charge in [-0.2, -0.15) is 0 Å². The molecule has 4 fully saturated rings. The normalized spacial score (nSPS) is 40.0. The van der Waals surface area contributed by atoms with Crippen molar-refractivity contribution in [2.45, 2.75) is 57.2 Å². The van der Waals surface area contributed by atoms with E-state index in [2.05, 4.69) is 31.2 Å². The Morgan fingerprint density at radius 2 is 1.50 bits per heavy atom. The lowest BCUT2D eigenvalue weighted by Crippen LogP contribution is -2.47. The van der Waals surface area contributed by atoms with E-state index in [0.29, 0.717) is 5.41 Å². The van der Waals surface area contributed by atoms with E-state index in [1.54, 1.807) is 0 Å². The lowest BCUT2D eigenvalue weighted by molar-refractivity contribution is -0.0552. The molecule has 0 nitrogen and oxygen atoms in total. The van der Waals surface area contributed by atoms with Gasteiger partial charge in [0, 0.05) is 0 Å². The summed E-state index contributed by atoms with van der Waals surface area (Å²) in [5.74, 6) is 2.95. The molecule has 108 valence electrons. The average Bonchev–Trinajstić information content (AvgIpc) is 2.45. The van der Waals surface area contributed by atoms with Crippen LogP contribution in [0.2, 0.25) is 0 Å². The second-order valence-corrected chi connectivity index (χ2v) is 8.17. The van der Waals surface area contributed by atoms with Gasteiger partial charge in [-0.25, -0.2) is 0 Å². The molecule has 1 heteroatoms. The van der Waals surface area contributed by atoms with Crippen LogP contribution in [0.25, 0.3) is 0 Å². The molecule has 4 aliphatic carbocycles. The van der Waals surface area contributed by atoms with Crippen LogP contribution in [0.4, 0.5) is 0 Å².